The first-order valence-corrected chi connectivity index (χ1v) is 13.3. The molecule has 0 aliphatic heterocycles. The molecule has 0 unspecified atom stereocenters. The summed E-state index contributed by atoms with van der Waals surface area (Å²) >= 11 is 3.20. The van der Waals surface area contributed by atoms with Gasteiger partial charge in [-0.3, -0.25) is 0 Å². The fraction of sp³-hybridized carbons (Fsp3) is 0.238. The number of thioether (sulfide) groups is 2. The molecule has 0 aliphatic rings. The van der Waals surface area contributed by atoms with Crippen molar-refractivity contribution in [3.8, 4) is 22.5 Å². The highest BCUT2D eigenvalue weighted by Gasteiger charge is 2.07. The number of hydrogen-bond donors (Lipinski definition) is 0. The first kappa shape index (κ1) is 20.5. The number of benzene rings is 2. The predicted octanol–water partition coefficient (Wildman–Crippen LogP) is 6.27. The average molecular weight is 369 g/mol. The Labute approximate surface area is 156 Å². The maximum atomic E-state index is 5.09. The van der Waals surface area contributed by atoms with Crippen molar-refractivity contribution >= 4 is 31.6 Å². The van der Waals surface area contributed by atoms with Crippen molar-refractivity contribution in [2.75, 3.05) is 0 Å². The molecule has 0 spiro atoms. The van der Waals surface area contributed by atoms with Crippen LogP contribution in [0.4, 0.5) is 0 Å². The van der Waals surface area contributed by atoms with E-state index in [1.165, 1.54) is 22.9 Å². The van der Waals surface area contributed by atoms with E-state index in [-0.39, 0.29) is 0 Å². The van der Waals surface area contributed by atoms with Crippen LogP contribution in [0.15, 0.2) is 60.7 Å². The van der Waals surface area contributed by atoms with E-state index in [0.29, 0.717) is 0 Å². The molecule has 124 valence electrons. The summed E-state index contributed by atoms with van der Waals surface area (Å²) in [6.45, 7) is 6.80. The van der Waals surface area contributed by atoms with Crippen molar-refractivity contribution in [3.05, 3.63) is 71.8 Å². The molecular formula is C21H24S2Si. The minimum atomic E-state index is -1.18. The van der Waals surface area contributed by atoms with Crippen LogP contribution in [0.2, 0.25) is 19.6 Å². The summed E-state index contributed by atoms with van der Waals surface area (Å²) in [6, 6.07) is 20.7. The molecule has 0 aromatic heterocycles. The van der Waals surface area contributed by atoms with Gasteiger partial charge in [-0.2, -0.15) is 0 Å². The second-order valence-corrected chi connectivity index (χ2v) is 12.5. The van der Waals surface area contributed by atoms with E-state index in [9.17, 15) is 0 Å². The molecule has 24 heavy (non-hydrogen) atoms. The molecule has 2 aromatic carbocycles. The summed E-state index contributed by atoms with van der Waals surface area (Å²) in [7, 11) is -1.18. The molecule has 0 saturated heterocycles. The van der Waals surface area contributed by atoms with Crippen molar-refractivity contribution in [1.29, 1.82) is 0 Å². The third-order valence-electron chi connectivity index (χ3n) is 2.74. The maximum Gasteiger partial charge on any atom is 0.130 e. The summed E-state index contributed by atoms with van der Waals surface area (Å²) < 4.78 is 0. The molecule has 2 rings (SSSR count). The zero-order chi connectivity index (χ0) is 17.7. The summed E-state index contributed by atoms with van der Waals surface area (Å²) in [5.74, 6) is 1.91. The maximum absolute atomic E-state index is 5.09. The van der Waals surface area contributed by atoms with E-state index in [2.05, 4.69) is 72.1 Å². The Balaban J connectivity index is 0.000000254. The lowest BCUT2D eigenvalue weighted by atomic mass is 10.2. The van der Waals surface area contributed by atoms with E-state index < -0.39 is 8.07 Å². The van der Waals surface area contributed by atoms with Crippen LogP contribution >= 0.6 is 23.5 Å². The van der Waals surface area contributed by atoms with Gasteiger partial charge < -0.3 is 0 Å². The number of rotatable bonds is 4. The van der Waals surface area contributed by atoms with Gasteiger partial charge in [-0.05, 0) is 21.6 Å². The fourth-order valence-electron chi connectivity index (χ4n) is 1.58. The molecule has 0 bridgehead atoms. The molecule has 3 heteroatoms. The van der Waals surface area contributed by atoms with Crippen molar-refractivity contribution in [2.24, 2.45) is 0 Å². The SMILES string of the molecule is C#CSCc1ccccc1.C[Si](C)(C)C#CSCc1ccccc1. The van der Waals surface area contributed by atoms with Crippen LogP contribution in [0, 0.1) is 22.5 Å². The quantitative estimate of drug-likeness (QED) is 0.461. The van der Waals surface area contributed by atoms with Crippen LogP contribution in [0.1, 0.15) is 11.1 Å². The highest BCUT2D eigenvalue weighted by molar-refractivity contribution is 8.03. The molecule has 0 N–H and O–H groups in total. The third kappa shape index (κ3) is 11.1. The number of hydrogen-bond acceptors (Lipinski definition) is 2. The standard InChI is InChI=1S/C12H16SSi.C9H8S/c1-14(2,3)10-9-13-11-12-7-5-4-6-8-12;1-2-10-8-9-6-4-3-5-7-9/h4-8H,11H2,1-3H3;1,3-7H,8H2. The highest BCUT2D eigenvalue weighted by atomic mass is 32.2. The average Bonchev–Trinajstić information content (AvgIpc) is 2.59. The van der Waals surface area contributed by atoms with Gasteiger partial charge in [-0.25, -0.2) is 0 Å². The lowest BCUT2D eigenvalue weighted by Gasteiger charge is -2.02. The molecule has 0 amide bonds. The molecule has 0 fully saturated rings. The van der Waals surface area contributed by atoms with Gasteiger partial charge >= 0.3 is 0 Å². The van der Waals surface area contributed by atoms with Crippen LogP contribution in [0.5, 0.6) is 0 Å². The summed E-state index contributed by atoms with van der Waals surface area (Å²) in [5, 5.41) is 5.74. The Morgan fingerprint density at radius 2 is 1.25 bits per heavy atom. The van der Waals surface area contributed by atoms with Gasteiger partial charge in [0.2, 0.25) is 0 Å². The Morgan fingerprint density at radius 3 is 1.67 bits per heavy atom. The molecule has 0 saturated carbocycles. The smallest absolute Gasteiger partial charge is 0.120 e. The van der Waals surface area contributed by atoms with E-state index in [0.717, 1.165) is 11.5 Å². The molecule has 0 aliphatic carbocycles. The van der Waals surface area contributed by atoms with Crippen molar-refractivity contribution < 1.29 is 0 Å². The van der Waals surface area contributed by atoms with Gasteiger partial charge in [0, 0.05) is 11.5 Å². The molecular weight excluding hydrogens is 344 g/mol. The monoisotopic (exact) mass is 368 g/mol. The summed E-state index contributed by atoms with van der Waals surface area (Å²) in [6.07, 6.45) is 5.09. The van der Waals surface area contributed by atoms with Gasteiger partial charge in [-0.15, -0.1) is 12.0 Å². The van der Waals surface area contributed by atoms with Crippen LogP contribution < -0.4 is 0 Å². The minimum Gasteiger partial charge on any atom is -0.120 e. The van der Waals surface area contributed by atoms with Gasteiger partial charge in [0.1, 0.15) is 8.07 Å². The van der Waals surface area contributed by atoms with Crippen LogP contribution in [-0.2, 0) is 11.5 Å². The molecule has 0 radical (unpaired) electrons. The van der Waals surface area contributed by atoms with Crippen molar-refractivity contribution in [3.63, 3.8) is 0 Å². The molecule has 2 aromatic rings. The van der Waals surface area contributed by atoms with E-state index >= 15 is 0 Å². The first-order valence-electron chi connectivity index (χ1n) is 7.80. The second-order valence-electron chi connectivity index (χ2n) is 6.14. The van der Waals surface area contributed by atoms with E-state index in [1.54, 1.807) is 11.8 Å². The molecule has 0 nitrogen and oxygen atoms in total. The normalized spacial score (nSPS) is 9.75. The first-order chi connectivity index (χ1) is 11.5. The van der Waals surface area contributed by atoms with Crippen molar-refractivity contribution in [2.45, 2.75) is 31.1 Å². The second kappa shape index (κ2) is 11.9. The van der Waals surface area contributed by atoms with Crippen LogP contribution in [-0.4, -0.2) is 8.07 Å². The Kier molecular flexibility index (Phi) is 10.2. The van der Waals surface area contributed by atoms with Crippen LogP contribution in [0.25, 0.3) is 0 Å². The minimum absolute atomic E-state index is 0.914. The zero-order valence-electron chi connectivity index (χ0n) is 14.6. The van der Waals surface area contributed by atoms with Gasteiger partial charge in [0.25, 0.3) is 0 Å². The molecule has 0 heterocycles. The van der Waals surface area contributed by atoms with Gasteiger partial charge in [0.15, 0.2) is 0 Å². The van der Waals surface area contributed by atoms with Gasteiger partial charge in [0.05, 0.1) is 0 Å². The topological polar surface area (TPSA) is 0 Å². The molecule has 0 atom stereocenters. The number of terminal acetylenes is 1. The highest BCUT2D eigenvalue weighted by Crippen LogP contribution is 2.11. The van der Waals surface area contributed by atoms with Crippen molar-refractivity contribution in [1.82, 2.24) is 0 Å². The summed E-state index contributed by atoms with van der Waals surface area (Å²) in [5.41, 5.74) is 5.98. The van der Waals surface area contributed by atoms with Gasteiger partial charge in [-0.1, -0.05) is 104 Å². The summed E-state index contributed by atoms with van der Waals surface area (Å²) in [4.78, 5) is 0. The van der Waals surface area contributed by atoms with E-state index in [4.69, 9.17) is 6.42 Å². The fourth-order valence-corrected chi connectivity index (χ4v) is 3.97. The third-order valence-corrected chi connectivity index (χ3v) is 5.17. The lowest BCUT2D eigenvalue weighted by molar-refractivity contribution is 1.42. The lowest BCUT2D eigenvalue weighted by Crippen LogP contribution is -2.15. The zero-order valence-corrected chi connectivity index (χ0v) is 17.2. The largest absolute Gasteiger partial charge is 0.130 e. The predicted molar refractivity (Wildman–Crippen MR) is 115 cm³/mol. The van der Waals surface area contributed by atoms with E-state index in [1.807, 2.05) is 24.3 Å². The Hall–Kier alpha value is -1.52. The Morgan fingerprint density at radius 1 is 0.792 bits per heavy atom. The van der Waals surface area contributed by atoms with Crippen LogP contribution in [0.3, 0.4) is 0 Å². The Bertz CT molecular complexity index is 671.